The number of carbonyl (C=O) groups is 4. The van der Waals surface area contributed by atoms with Crippen LogP contribution in [0.15, 0.2) is 23.1 Å². The summed E-state index contributed by atoms with van der Waals surface area (Å²) in [5.74, 6) is 1.46. The van der Waals surface area contributed by atoms with E-state index < -0.39 is 29.2 Å². The van der Waals surface area contributed by atoms with Gasteiger partial charge in [-0.05, 0) is 95.1 Å². The molecule has 40 heavy (non-hydrogen) atoms. The maximum Gasteiger partial charge on any atom is 0.408 e. The van der Waals surface area contributed by atoms with Crippen molar-refractivity contribution < 1.29 is 28.7 Å². The van der Waals surface area contributed by atoms with Gasteiger partial charge in [0, 0.05) is 18.7 Å². The lowest BCUT2D eigenvalue weighted by molar-refractivity contribution is -0.140. The number of hydrogen-bond acceptors (Lipinski definition) is 7. The summed E-state index contributed by atoms with van der Waals surface area (Å²) in [6, 6.07) is 2.24. The molecule has 0 aromatic carbocycles. The molecule has 1 aromatic heterocycles. The third-order valence-electron chi connectivity index (χ3n) is 8.34. The lowest BCUT2D eigenvalue weighted by Gasteiger charge is -2.32. The number of nitrogens with one attached hydrogen (secondary N) is 3. The second-order valence-corrected chi connectivity index (χ2v) is 12.5. The minimum atomic E-state index is -1.00. The first-order chi connectivity index (χ1) is 18.9. The van der Waals surface area contributed by atoms with E-state index in [0.29, 0.717) is 24.7 Å². The molecule has 4 aliphatic rings. The molecule has 11 heteroatoms. The first-order valence-electron chi connectivity index (χ1n) is 14.3. The highest BCUT2D eigenvalue weighted by molar-refractivity contribution is 5.96. The number of nitrogens with zero attached hydrogens (tertiary/aromatic N) is 1. The third kappa shape index (κ3) is 7.42. The summed E-state index contributed by atoms with van der Waals surface area (Å²) < 4.78 is 11.2. The van der Waals surface area contributed by atoms with Gasteiger partial charge in [0.1, 0.15) is 23.9 Å². The molecule has 4 saturated carbocycles. The number of carbonyl (C=O) groups excluding carboxylic acids is 4. The Morgan fingerprint density at radius 3 is 2.52 bits per heavy atom. The van der Waals surface area contributed by atoms with Gasteiger partial charge in [-0.2, -0.15) is 0 Å². The normalized spacial score (nSPS) is 25.2. The van der Waals surface area contributed by atoms with Gasteiger partial charge in [-0.15, -0.1) is 0 Å². The van der Waals surface area contributed by atoms with Crippen LogP contribution in [-0.2, 0) is 30.4 Å². The van der Waals surface area contributed by atoms with Gasteiger partial charge in [0.05, 0.1) is 7.11 Å². The monoisotopic (exact) mass is 558 g/mol. The zero-order valence-electron chi connectivity index (χ0n) is 23.9. The number of anilines is 1. The van der Waals surface area contributed by atoms with E-state index in [1.807, 2.05) is 0 Å². The molecule has 220 valence electrons. The number of amides is 3. The smallest absolute Gasteiger partial charge is 0.408 e. The van der Waals surface area contributed by atoms with Crippen LogP contribution in [0.2, 0.25) is 0 Å². The first kappa shape index (κ1) is 29.6. The number of aromatic nitrogens is 1. The molecule has 6 atom stereocenters. The fourth-order valence-electron chi connectivity index (χ4n) is 6.76. The summed E-state index contributed by atoms with van der Waals surface area (Å²) in [4.78, 5) is 63.0. The Morgan fingerprint density at radius 1 is 1.07 bits per heavy atom. The van der Waals surface area contributed by atoms with Crippen molar-refractivity contribution >= 4 is 29.6 Å². The van der Waals surface area contributed by atoms with Crippen LogP contribution in [0.1, 0.15) is 72.1 Å². The summed E-state index contributed by atoms with van der Waals surface area (Å²) in [6.07, 6.45) is 6.92. The molecule has 4 aliphatic carbocycles. The molecule has 0 saturated heterocycles. The van der Waals surface area contributed by atoms with E-state index in [-0.39, 0.29) is 43.0 Å². The minimum absolute atomic E-state index is 0.00408. The van der Waals surface area contributed by atoms with Crippen molar-refractivity contribution in [2.24, 2.45) is 23.7 Å². The van der Waals surface area contributed by atoms with Gasteiger partial charge >= 0.3 is 12.1 Å². The highest BCUT2D eigenvalue weighted by Crippen LogP contribution is 2.58. The van der Waals surface area contributed by atoms with Crippen LogP contribution in [0, 0.1) is 23.7 Å². The quantitative estimate of drug-likeness (QED) is 0.280. The largest absolute Gasteiger partial charge is 0.469 e. The Labute approximate surface area is 234 Å². The number of unbranched alkanes of at least 4 members (excludes halogenated alkanes) is 1. The molecule has 4 bridgehead atoms. The maximum atomic E-state index is 13.2. The molecular weight excluding hydrogens is 516 g/mol. The number of methoxy groups -OCH3 is 1. The van der Waals surface area contributed by atoms with Crippen LogP contribution in [0.25, 0.3) is 0 Å². The number of hydrogen-bond donors (Lipinski definition) is 3. The average molecular weight is 559 g/mol. The number of esters is 1. The summed E-state index contributed by atoms with van der Waals surface area (Å²) in [5, 5.41) is 8.36. The van der Waals surface area contributed by atoms with E-state index in [4.69, 9.17) is 4.74 Å². The highest BCUT2D eigenvalue weighted by Gasteiger charge is 2.54. The van der Waals surface area contributed by atoms with Gasteiger partial charge < -0.3 is 30.0 Å². The molecule has 4 fully saturated rings. The van der Waals surface area contributed by atoms with Crippen molar-refractivity contribution in [3.63, 3.8) is 0 Å². The maximum absolute atomic E-state index is 13.2. The van der Waals surface area contributed by atoms with Crippen LogP contribution in [0.4, 0.5) is 10.5 Å². The highest BCUT2D eigenvalue weighted by atomic mass is 16.6. The van der Waals surface area contributed by atoms with Crippen molar-refractivity contribution in [2.75, 3.05) is 12.4 Å². The Morgan fingerprint density at radius 2 is 1.82 bits per heavy atom. The molecule has 0 spiro atoms. The summed E-state index contributed by atoms with van der Waals surface area (Å²) >= 11 is 0. The van der Waals surface area contributed by atoms with Gasteiger partial charge in [-0.1, -0.05) is 6.42 Å². The molecule has 11 nitrogen and oxygen atoms in total. The number of rotatable bonds is 11. The van der Waals surface area contributed by atoms with E-state index >= 15 is 0 Å². The summed E-state index contributed by atoms with van der Waals surface area (Å²) in [6.45, 7) is 4.99. The minimum Gasteiger partial charge on any atom is -0.469 e. The SMILES string of the molecule is COC(=O)CCCC[C@H](NC(=O)OC(C)(C)C)C(=O)Nc1cccn(CC(=O)NC2C3CC4CC(C3)C2C4)c1=O. The molecule has 3 amide bonds. The van der Waals surface area contributed by atoms with E-state index in [1.54, 1.807) is 26.8 Å². The fraction of sp³-hybridized carbons (Fsp3) is 0.690. The van der Waals surface area contributed by atoms with E-state index in [2.05, 4.69) is 20.7 Å². The van der Waals surface area contributed by atoms with Crippen LogP contribution in [0.3, 0.4) is 0 Å². The van der Waals surface area contributed by atoms with Crippen molar-refractivity contribution in [1.29, 1.82) is 0 Å². The Hall–Kier alpha value is -3.37. The molecule has 5 unspecified atom stereocenters. The zero-order chi connectivity index (χ0) is 29.0. The third-order valence-corrected chi connectivity index (χ3v) is 8.34. The van der Waals surface area contributed by atoms with Crippen LogP contribution < -0.4 is 21.5 Å². The topological polar surface area (TPSA) is 145 Å². The molecule has 3 N–H and O–H groups in total. The van der Waals surface area contributed by atoms with Crippen molar-refractivity contribution in [2.45, 2.75) is 96.4 Å². The number of alkyl carbamates (subject to hydrolysis) is 1. The molecule has 1 heterocycles. The van der Waals surface area contributed by atoms with Crippen molar-refractivity contribution in [3.05, 3.63) is 28.7 Å². The predicted molar refractivity (Wildman–Crippen MR) is 147 cm³/mol. The van der Waals surface area contributed by atoms with E-state index in [1.165, 1.54) is 49.6 Å². The Bertz CT molecular complexity index is 1170. The van der Waals surface area contributed by atoms with Gasteiger partial charge in [-0.3, -0.25) is 19.2 Å². The average Bonchev–Trinajstić information content (AvgIpc) is 3.29. The van der Waals surface area contributed by atoms with Crippen LogP contribution in [-0.4, -0.2) is 53.2 Å². The Kier molecular flexibility index (Phi) is 9.20. The molecular formula is C29H42N4O7. The van der Waals surface area contributed by atoms with Gasteiger partial charge in [-0.25, -0.2) is 4.79 Å². The summed E-state index contributed by atoms with van der Waals surface area (Å²) in [5.41, 5.74) is -1.27. The van der Waals surface area contributed by atoms with Gasteiger partial charge in [0.2, 0.25) is 11.8 Å². The van der Waals surface area contributed by atoms with Crippen LogP contribution in [0.5, 0.6) is 0 Å². The number of pyridine rings is 1. The molecule has 1 aromatic rings. The fourth-order valence-corrected chi connectivity index (χ4v) is 6.76. The second-order valence-electron chi connectivity index (χ2n) is 12.5. The zero-order valence-corrected chi connectivity index (χ0v) is 23.9. The lowest BCUT2D eigenvalue weighted by Crippen LogP contribution is -2.47. The van der Waals surface area contributed by atoms with Crippen LogP contribution >= 0.6 is 0 Å². The van der Waals surface area contributed by atoms with E-state index in [0.717, 1.165) is 11.8 Å². The standard InChI is InChI=1S/C29H42N4O7/c1-29(2,3)40-28(38)31-21(8-5-6-10-24(35)39-4)26(36)30-22-9-7-11-33(27(22)37)16-23(34)32-25-19-13-17-12-18(15-19)20(25)14-17/h7,9,11,17-21,25H,5-6,8,10,12-16H2,1-4H3,(H,30,36)(H,31,38)(H,32,34)/t17?,18?,19?,20?,21-,25?/m0/s1. The number of ether oxygens (including phenoxy) is 2. The van der Waals surface area contributed by atoms with Crippen molar-refractivity contribution in [3.8, 4) is 0 Å². The summed E-state index contributed by atoms with van der Waals surface area (Å²) in [7, 11) is 1.31. The van der Waals surface area contributed by atoms with E-state index in [9.17, 15) is 24.0 Å². The Balaban J connectivity index is 1.37. The van der Waals surface area contributed by atoms with Gasteiger partial charge in [0.15, 0.2) is 0 Å². The second kappa shape index (κ2) is 12.4. The molecule has 0 aliphatic heterocycles. The predicted octanol–water partition coefficient (Wildman–Crippen LogP) is 2.96. The van der Waals surface area contributed by atoms with Gasteiger partial charge in [0.25, 0.3) is 5.56 Å². The van der Waals surface area contributed by atoms with Crippen molar-refractivity contribution in [1.82, 2.24) is 15.2 Å². The molecule has 5 rings (SSSR count). The molecule has 0 radical (unpaired) electrons. The first-order valence-corrected chi connectivity index (χ1v) is 14.3. The lowest BCUT2D eigenvalue weighted by atomic mass is 9.79.